The predicted molar refractivity (Wildman–Crippen MR) is 77.9 cm³/mol. The highest BCUT2D eigenvalue weighted by Crippen LogP contribution is 2.23. The molecule has 3 N–H and O–H groups in total. The van der Waals surface area contributed by atoms with Crippen LogP contribution in [0.15, 0.2) is 24.3 Å². The molecule has 1 aromatic carbocycles. The topological polar surface area (TPSA) is 58.4 Å². The second-order valence-electron chi connectivity index (χ2n) is 5.38. The molecule has 0 bridgehead atoms. The Labute approximate surface area is 115 Å². The number of urea groups is 1. The van der Waals surface area contributed by atoms with Gasteiger partial charge < -0.3 is 16.0 Å². The number of rotatable bonds is 2. The average Bonchev–Trinajstić information content (AvgIpc) is 2.42. The fourth-order valence-electron chi connectivity index (χ4n) is 2.54. The Morgan fingerprint density at radius 3 is 2.68 bits per heavy atom. The third-order valence-corrected chi connectivity index (χ3v) is 4.08. The van der Waals surface area contributed by atoms with E-state index in [1.165, 1.54) is 6.42 Å². The monoisotopic (exact) mass is 261 g/mol. The first-order valence-corrected chi connectivity index (χ1v) is 6.98. The van der Waals surface area contributed by atoms with Crippen LogP contribution in [0.4, 0.5) is 10.5 Å². The van der Waals surface area contributed by atoms with Gasteiger partial charge in [0.1, 0.15) is 0 Å². The van der Waals surface area contributed by atoms with Crippen molar-refractivity contribution >= 4 is 11.7 Å². The Morgan fingerprint density at radius 2 is 2.05 bits per heavy atom. The van der Waals surface area contributed by atoms with Gasteiger partial charge in [0.15, 0.2) is 0 Å². The summed E-state index contributed by atoms with van der Waals surface area (Å²) < 4.78 is 0. The molecule has 4 nitrogen and oxygen atoms in total. The van der Waals surface area contributed by atoms with Crippen LogP contribution >= 0.6 is 0 Å². The molecule has 1 fully saturated rings. The van der Waals surface area contributed by atoms with E-state index in [1.807, 2.05) is 29.2 Å². The van der Waals surface area contributed by atoms with Crippen LogP contribution in [-0.4, -0.2) is 23.5 Å². The maximum atomic E-state index is 12.3. The number of benzene rings is 1. The van der Waals surface area contributed by atoms with Crippen molar-refractivity contribution in [3.63, 3.8) is 0 Å². The number of hydrogen-bond donors (Lipinski definition) is 2. The summed E-state index contributed by atoms with van der Waals surface area (Å²) in [5, 5.41) is 2.96. The SMILES string of the molecule is CC1CCCN(C(=O)Nc2ccc(CN)cc2)C1C. The molecule has 0 aliphatic carbocycles. The molecule has 1 aromatic rings. The van der Waals surface area contributed by atoms with Gasteiger partial charge in [0.05, 0.1) is 0 Å². The van der Waals surface area contributed by atoms with Gasteiger partial charge in [-0.25, -0.2) is 4.79 Å². The first kappa shape index (κ1) is 13.9. The zero-order valence-corrected chi connectivity index (χ0v) is 11.7. The summed E-state index contributed by atoms with van der Waals surface area (Å²) in [5.41, 5.74) is 7.45. The van der Waals surface area contributed by atoms with Gasteiger partial charge in [-0.15, -0.1) is 0 Å². The van der Waals surface area contributed by atoms with E-state index in [-0.39, 0.29) is 6.03 Å². The average molecular weight is 261 g/mol. The van der Waals surface area contributed by atoms with Crippen molar-refractivity contribution in [3.8, 4) is 0 Å². The minimum Gasteiger partial charge on any atom is -0.326 e. The van der Waals surface area contributed by atoms with Crippen LogP contribution in [0.3, 0.4) is 0 Å². The summed E-state index contributed by atoms with van der Waals surface area (Å²) in [6.45, 7) is 5.70. The largest absolute Gasteiger partial charge is 0.326 e. The summed E-state index contributed by atoms with van der Waals surface area (Å²) in [6.07, 6.45) is 2.29. The molecule has 1 heterocycles. The molecule has 0 radical (unpaired) electrons. The van der Waals surface area contributed by atoms with Crippen LogP contribution in [0.5, 0.6) is 0 Å². The molecule has 2 amide bonds. The quantitative estimate of drug-likeness (QED) is 0.860. The van der Waals surface area contributed by atoms with Crippen LogP contribution in [0.1, 0.15) is 32.3 Å². The zero-order chi connectivity index (χ0) is 13.8. The van der Waals surface area contributed by atoms with E-state index in [1.54, 1.807) is 0 Å². The van der Waals surface area contributed by atoms with Crippen molar-refractivity contribution in [2.24, 2.45) is 11.7 Å². The molecule has 0 aromatic heterocycles. The Morgan fingerprint density at radius 1 is 1.37 bits per heavy atom. The lowest BCUT2D eigenvalue weighted by molar-refractivity contribution is 0.139. The zero-order valence-electron chi connectivity index (χ0n) is 11.7. The van der Waals surface area contributed by atoms with E-state index in [9.17, 15) is 4.79 Å². The molecule has 4 heteroatoms. The number of nitrogens with zero attached hydrogens (tertiary/aromatic N) is 1. The third kappa shape index (κ3) is 3.26. The van der Waals surface area contributed by atoms with Crippen LogP contribution in [0.2, 0.25) is 0 Å². The molecule has 104 valence electrons. The molecular weight excluding hydrogens is 238 g/mol. The molecule has 2 unspecified atom stereocenters. The highest BCUT2D eigenvalue weighted by atomic mass is 16.2. The second-order valence-corrected chi connectivity index (χ2v) is 5.38. The smallest absolute Gasteiger partial charge is 0.322 e. The first-order valence-electron chi connectivity index (χ1n) is 6.98. The first-order chi connectivity index (χ1) is 9.11. The Balaban J connectivity index is 1.99. The van der Waals surface area contributed by atoms with Crippen LogP contribution in [0.25, 0.3) is 0 Å². The summed E-state index contributed by atoms with van der Waals surface area (Å²) in [6, 6.07) is 7.99. The minimum absolute atomic E-state index is 0.000418. The van der Waals surface area contributed by atoms with E-state index in [4.69, 9.17) is 5.73 Å². The van der Waals surface area contributed by atoms with Crippen molar-refractivity contribution in [2.75, 3.05) is 11.9 Å². The number of likely N-dealkylation sites (tertiary alicyclic amines) is 1. The van der Waals surface area contributed by atoms with E-state index >= 15 is 0 Å². The molecule has 0 saturated carbocycles. The van der Waals surface area contributed by atoms with Crippen LogP contribution < -0.4 is 11.1 Å². The second kappa shape index (κ2) is 6.06. The molecule has 1 saturated heterocycles. The van der Waals surface area contributed by atoms with Crippen molar-refractivity contribution in [1.29, 1.82) is 0 Å². The van der Waals surface area contributed by atoms with Gasteiger partial charge >= 0.3 is 6.03 Å². The number of amides is 2. The van der Waals surface area contributed by atoms with E-state index in [0.29, 0.717) is 18.5 Å². The summed E-state index contributed by atoms with van der Waals surface area (Å²) in [5.74, 6) is 0.569. The molecular formula is C15H23N3O. The Bertz CT molecular complexity index is 430. The number of anilines is 1. The summed E-state index contributed by atoms with van der Waals surface area (Å²) in [4.78, 5) is 14.2. The normalized spacial score (nSPS) is 23.2. The molecule has 0 spiro atoms. The lowest BCUT2D eigenvalue weighted by Gasteiger charge is -2.37. The van der Waals surface area contributed by atoms with Crippen LogP contribution in [0, 0.1) is 5.92 Å². The third-order valence-electron chi connectivity index (χ3n) is 4.08. The number of hydrogen-bond acceptors (Lipinski definition) is 2. The van der Waals surface area contributed by atoms with E-state index in [0.717, 1.165) is 24.2 Å². The highest BCUT2D eigenvalue weighted by Gasteiger charge is 2.28. The summed E-state index contributed by atoms with van der Waals surface area (Å²) in [7, 11) is 0. The fraction of sp³-hybridized carbons (Fsp3) is 0.533. The molecule has 1 aliphatic heterocycles. The van der Waals surface area contributed by atoms with E-state index in [2.05, 4.69) is 19.2 Å². The molecule has 1 aliphatic rings. The van der Waals surface area contributed by atoms with Crippen molar-refractivity contribution in [3.05, 3.63) is 29.8 Å². The number of piperidine rings is 1. The van der Waals surface area contributed by atoms with Gasteiger partial charge in [-0.1, -0.05) is 19.1 Å². The number of carbonyl (C=O) groups is 1. The van der Waals surface area contributed by atoms with Gasteiger partial charge in [0.25, 0.3) is 0 Å². The molecule has 19 heavy (non-hydrogen) atoms. The lowest BCUT2D eigenvalue weighted by Crippen LogP contribution is -2.47. The van der Waals surface area contributed by atoms with Gasteiger partial charge in [0.2, 0.25) is 0 Å². The van der Waals surface area contributed by atoms with Crippen molar-refractivity contribution < 1.29 is 4.79 Å². The van der Waals surface area contributed by atoms with Gasteiger partial charge in [-0.3, -0.25) is 0 Å². The Hall–Kier alpha value is -1.55. The van der Waals surface area contributed by atoms with Crippen LogP contribution in [-0.2, 0) is 6.54 Å². The molecule has 2 atom stereocenters. The van der Waals surface area contributed by atoms with Crippen molar-refractivity contribution in [2.45, 2.75) is 39.3 Å². The highest BCUT2D eigenvalue weighted by molar-refractivity contribution is 5.89. The fourth-order valence-corrected chi connectivity index (χ4v) is 2.54. The number of carbonyl (C=O) groups excluding carboxylic acids is 1. The summed E-state index contributed by atoms with van der Waals surface area (Å²) >= 11 is 0. The van der Waals surface area contributed by atoms with E-state index < -0.39 is 0 Å². The maximum absolute atomic E-state index is 12.3. The molecule has 2 rings (SSSR count). The van der Waals surface area contributed by atoms with Gasteiger partial charge in [-0.05, 0) is 43.4 Å². The standard InChI is InChI=1S/C15H23N3O/c1-11-4-3-9-18(12(11)2)15(19)17-14-7-5-13(10-16)6-8-14/h5-8,11-12H,3-4,9-10,16H2,1-2H3,(H,17,19). The Kier molecular flexibility index (Phi) is 4.43. The minimum atomic E-state index is -0.000418. The van der Waals surface area contributed by atoms with Gasteiger partial charge in [0, 0.05) is 24.8 Å². The predicted octanol–water partition coefficient (Wildman–Crippen LogP) is 2.80. The lowest BCUT2D eigenvalue weighted by atomic mass is 9.92. The van der Waals surface area contributed by atoms with Crippen molar-refractivity contribution in [1.82, 2.24) is 4.90 Å². The number of nitrogens with two attached hydrogens (primary N) is 1. The van der Waals surface area contributed by atoms with Gasteiger partial charge in [-0.2, -0.15) is 0 Å². The number of nitrogens with one attached hydrogen (secondary N) is 1. The maximum Gasteiger partial charge on any atom is 0.322 e.